The summed E-state index contributed by atoms with van der Waals surface area (Å²) < 4.78 is 12.1. The van der Waals surface area contributed by atoms with Gasteiger partial charge in [-0.1, -0.05) is 78.9 Å². The molecular formula is C30H24N2O4. The number of rotatable bonds is 8. The summed E-state index contributed by atoms with van der Waals surface area (Å²) in [5.41, 5.74) is 4.31. The molecule has 2 N–H and O–H groups in total. The molecule has 0 fully saturated rings. The first-order chi connectivity index (χ1) is 17.6. The zero-order valence-corrected chi connectivity index (χ0v) is 19.4. The Balaban J connectivity index is 1.47. The van der Waals surface area contributed by atoms with Gasteiger partial charge in [-0.2, -0.15) is 4.98 Å². The fourth-order valence-corrected chi connectivity index (χ4v) is 3.91. The second-order valence-electron chi connectivity index (χ2n) is 8.26. The van der Waals surface area contributed by atoms with E-state index in [9.17, 15) is 4.79 Å². The van der Waals surface area contributed by atoms with Gasteiger partial charge in [-0.25, -0.2) is 4.79 Å². The van der Waals surface area contributed by atoms with Gasteiger partial charge in [0, 0.05) is 17.3 Å². The summed E-state index contributed by atoms with van der Waals surface area (Å²) in [6, 6.07) is 35.0. The number of fused-ring (bicyclic) bond motifs is 1. The molecule has 0 aliphatic carbocycles. The minimum absolute atomic E-state index is 0.364. The molecule has 0 saturated heterocycles. The van der Waals surface area contributed by atoms with Crippen LogP contribution in [0.4, 0.5) is 10.5 Å². The van der Waals surface area contributed by atoms with Crippen LogP contribution in [-0.2, 0) is 13.2 Å². The molecule has 1 amide bonds. The average Bonchev–Trinajstić information content (AvgIpc) is 2.91. The molecule has 0 bridgehead atoms. The van der Waals surface area contributed by atoms with Crippen molar-refractivity contribution in [3.05, 3.63) is 120 Å². The lowest BCUT2D eigenvalue weighted by atomic mass is 10.0. The van der Waals surface area contributed by atoms with E-state index in [1.165, 1.54) is 0 Å². The van der Waals surface area contributed by atoms with Crippen LogP contribution in [0.25, 0.3) is 21.9 Å². The molecule has 4 aromatic carbocycles. The van der Waals surface area contributed by atoms with E-state index >= 15 is 0 Å². The number of anilines is 1. The molecule has 0 aliphatic rings. The first kappa shape index (κ1) is 22.9. The van der Waals surface area contributed by atoms with Gasteiger partial charge in [0.2, 0.25) is 11.8 Å². The fourth-order valence-electron chi connectivity index (χ4n) is 3.91. The topological polar surface area (TPSA) is 80.7 Å². The lowest BCUT2D eigenvalue weighted by molar-refractivity contribution is 0.209. The number of amides is 1. The van der Waals surface area contributed by atoms with Crippen molar-refractivity contribution in [1.29, 1.82) is 0 Å². The largest absolute Gasteiger partial charge is 0.473 e. The molecular weight excluding hydrogens is 452 g/mol. The molecule has 6 nitrogen and oxygen atoms in total. The van der Waals surface area contributed by atoms with E-state index < -0.39 is 6.09 Å². The lowest BCUT2D eigenvalue weighted by Gasteiger charge is -2.14. The summed E-state index contributed by atoms with van der Waals surface area (Å²) in [7, 11) is 0. The predicted molar refractivity (Wildman–Crippen MR) is 140 cm³/mol. The van der Waals surface area contributed by atoms with Crippen molar-refractivity contribution < 1.29 is 19.4 Å². The van der Waals surface area contributed by atoms with Gasteiger partial charge in [0.15, 0.2) is 0 Å². The molecule has 1 aromatic heterocycles. The monoisotopic (exact) mass is 476 g/mol. The third-order valence-corrected chi connectivity index (χ3v) is 5.69. The smallest absolute Gasteiger partial charge is 0.409 e. The number of nitrogens with one attached hydrogen (secondary N) is 1. The summed E-state index contributed by atoms with van der Waals surface area (Å²) >= 11 is 0. The number of benzene rings is 4. The van der Waals surface area contributed by atoms with E-state index in [1.54, 1.807) is 6.07 Å². The van der Waals surface area contributed by atoms with Gasteiger partial charge < -0.3 is 14.6 Å². The van der Waals surface area contributed by atoms with Gasteiger partial charge in [-0.15, -0.1) is 0 Å². The first-order valence-electron chi connectivity index (χ1n) is 11.5. The highest BCUT2D eigenvalue weighted by atomic mass is 16.5. The Labute approximate surface area is 208 Å². The molecule has 0 atom stereocenters. The number of nitrogens with zero attached hydrogens (tertiary/aromatic N) is 1. The van der Waals surface area contributed by atoms with Crippen molar-refractivity contribution in [2.24, 2.45) is 0 Å². The number of carbonyl (C=O) groups is 1. The Morgan fingerprint density at radius 1 is 0.722 bits per heavy atom. The van der Waals surface area contributed by atoms with Gasteiger partial charge in [-0.05, 0) is 51.7 Å². The van der Waals surface area contributed by atoms with E-state index in [1.807, 2.05) is 103 Å². The zero-order chi connectivity index (χ0) is 24.7. The van der Waals surface area contributed by atoms with E-state index in [-0.39, 0.29) is 0 Å². The maximum Gasteiger partial charge on any atom is 0.409 e. The average molecular weight is 477 g/mol. The molecule has 5 aromatic rings. The summed E-state index contributed by atoms with van der Waals surface area (Å²) in [6.45, 7) is 0.768. The highest BCUT2D eigenvalue weighted by Gasteiger charge is 2.12. The van der Waals surface area contributed by atoms with Crippen LogP contribution in [0.15, 0.2) is 109 Å². The van der Waals surface area contributed by atoms with Gasteiger partial charge in [0.25, 0.3) is 0 Å². The summed E-state index contributed by atoms with van der Waals surface area (Å²) in [6.07, 6.45) is -1.10. The Morgan fingerprint density at radius 3 is 2.08 bits per heavy atom. The van der Waals surface area contributed by atoms with E-state index in [2.05, 4.69) is 10.3 Å². The normalized spacial score (nSPS) is 10.7. The van der Waals surface area contributed by atoms with Crippen LogP contribution in [0, 0.1) is 0 Å². The van der Waals surface area contributed by atoms with E-state index in [4.69, 9.17) is 14.6 Å². The summed E-state index contributed by atoms with van der Waals surface area (Å²) in [4.78, 5) is 15.7. The SMILES string of the molecule is O=C(O)Nc1ccc2ccc(-c3ccc(OCc4ccccc4)nc3OCc3ccccc3)cc2c1. The molecule has 6 heteroatoms. The van der Waals surface area contributed by atoms with Crippen LogP contribution in [-0.4, -0.2) is 16.2 Å². The number of pyridine rings is 1. The van der Waals surface area contributed by atoms with Crippen molar-refractivity contribution in [2.75, 3.05) is 5.32 Å². The second-order valence-corrected chi connectivity index (χ2v) is 8.26. The van der Waals surface area contributed by atoms with Gasteiger partial charge in [0.05, 0.1) is 0 Å². The Bertz CT molecular complexity index is 1490. The van der Waals surface area contributed by atoms with Crippen molar-refractivity contribution in [1.82, 2.24) is 4.98 Å². The van der Waals surface area contributed by atoms with E-state index in [0.717, 1.165) is 33.0 Å². The third kappa shape index (κ3) is 5.62. The van der Waals surface area contributed by atoms with Crippen LogP contribution in [0.5, 0.6) is 11.8 Å². The zero-order valence-electron chi connectivity index (χ0n) is 19.4. The lowest BCUT2D eigenvalue weighted by Crippen LogP contribution is -2.06. The molecule has 36 heavy (non-hydrogen) atoms. The predicted octanol–water partition coefficient (Wildman–Crippen LogP) is 7.15. The molecule has 1 heterocycles. The third-order valence-electron chi connectivity index (χ3n) is 5.69. The molecule has 0 spiro atoms. The van der Waals surface area contributed by atoms with Gasteiger partial charge in [-0.3, -0.25) is 5.32 Å². The van der Waals surface area contributed by atoms with Crippen LogP contribution in [0.2, 0.25) is 0 Å². The Kier molecular flexibility index (Phi) is 6.76. The van der Waals surface area contributed by atoms with Gasteiger partial charge >= 0.3 is 6.09 Å². The summed E-state index contributed by atoms with van der Waals surface area (Å²) in [5, 5.41) is 13.4. The standard InChI is InChI=1S/C30H24N2O4/c33-30(34)31-26-14-13-23-11-12-24(17-25(23)18-26)27-15-16-28(35-19-21-7-3-1-4-8-21)32-29(27)36-20-22-9-5-2-6-10-22/h1-18,31H,19-20H2,(H,33,34). The Hall–Kier alpha value is -4.84. The number of aromatic nitrogens is 1. The van der Waals surface area contributed by atoms with Crippen molar-refractivity contribution in [3.8, 4) is 22.9 Å². The molecule has 5 rings (SSSR count). The maximum absolute atomic E-state index is 11.1. The van der Waals surface area contributed by atoms with E-state index in [0.29, 0.717) is 30.7 Å². The van der Waals surface area contributed by atoms with Gasteiger partial charge in [0.1, 0.15) is 13.2 Å². The molecule has 0 radical (unpaired) electrons. The van der Waals surface area contributed by atoms with Crippen LogP contribution in [0.1, 0.15) is 11.1 Å². The number of carboxylic acid groups (broad SMARTS) is 1. The second kappa shape index (κ2) is 10.6. The summed E-state index contributed by atoms with van der Waals surface area (Å²) in [5.74, 6) is 0.933. The number of hydrogen-bond acceptors (Lipinski definition) is 4. The molecule has 178 valence electrons. The highest BCUT2D eigenvalue weighted by Crippen LogP contribution is 2.34. The van der Waals surface area contributed by atoms with Crippen LogP contribution < -0.4 is 14.8 Å². The Morgan fingerprint density at radius 2 is 1.39 bits per heavy atom. The van der Waals surface area contributed by atoms with Crippen LogP contribution in [0.3, 0.4) is 0 Å². The molecule has 0 unspecified atom stereocenters. The maximum atomic E-state index is 11.1. The minimum Gasteiger partial charge on any atom is -0.473 e. The van der Waals surface area contributed by atoms with Crippen molar-refractivity contribution in [3.63, 3.8) is 0 Å². The van der Waals surface area contributed by atoms with Crippen LogP contribution >= 0.6 is 0 Å². The highest BCUT2D eigenvalue weighted by molar-refractivity contribution is 5.93. The number of ether oxygens (including phenoxy) is 2. The minimum atomic E-state index is -1.10. The van der Waals surface area contributed by atoms with Crippen molar-refractivity contribution >= 4 is 22.6 Å². The molecule has 0 aliphatic heterocycles. The fraction of sp³-hybridized carbons (Fsp3) is 0.0667. The quantitative estimate of drug-likeness (QED) is 0.249. The molecule has 0 saturated carbocycles. The first-order valence-corrected chi connectivity index (χ1v) is 11.5. The number of hydrogen-bond donors (Lipinski definition) is 2. The van der Waals surface area contributed by atoms with Crippen molar-refractivity contribution in [2.45, 2.75) is 13.2 Å².